The van der Waals surface area contributed by atoms with Crippen molar-refractivity contribution < 1.29 is 4.74 Å². The van der Waals surface area contributed by atoms with Crippen molar-refractivity contribution in [3.63, 3.8) is 0 Å². The summed E-state index contributed by atoms with van der Waals surface area (Å²) in [6.07, 6.45) is 0.529. The van der Waals surface area contributed by atoms with Gasteiger partial charge >= 0.3 is 5.69 Å². The topological polar surface area (TPSA) is 64.1 Å². The van der Waals surface area contributed by atoms with E-state index < -0.39 is 5.69 Å². The van der Waals surface area contributed by atoms with E-state index in [1.807, 2.05) is 25.1 Å². The number of hydrogen-bond acceptors (Lipinski definition) is 3. The largest absolute Gasteiger partial charge is 0.473 e. The molecule has 0 bridgehead atoms. The van der Waals surface area contributed by atoms with Gasteiger partial charge in [-0.15, -0.1) is 0 Å². The zero-order valence-electron chi connectivity index (χ0n) is 10.4. The molecule has 0 aliphatic rings. The van der Waals surface area contributed by atoms with E-state index in [0.717, 1.165) is 0 Å². The highest BCUT2D eigenvalue weighted by Gasteiger charge is 2.11. The smallest absolute Gasteiger partial charge is 0.331 e. The van der Waals surface area contributed by atoms with Gasteiger partial charge in [0, 0.05) is 5.56 Å². The summed E-state index contributed by atoms with van der Waals surface area (Å²) in [6, 6.07) is 9.16. The first kappa shape index (κ1) is 13.6. The molecule has 0 radical (unpaired) electrons. The van der Waals surface area contributed by atoms with Crippen molar-refractivity contribution in [3.05, 3.63) is 61.3 Å². The van der Waals surface area contributed by atoms with Crippen LogP contribution in [0.3, 0.4) is 0 Å². The second-order valence-corrected chi connectivity index (χ2v) is 4.65. The minimum atomic E-state index is -0.495. The molecule has 19 heavy (non-hydrogen) atoms. The predicted molar refractivity (Wildman–Crippen MR) is 75.5 cm³/mol. The number of aromatic nitrogens is 2. The molecule has 0 fully saturated rings. The minimum absolute atomic E-state index is 0.0349. The Hall–Kier alpha value is -1.82. The molecule has 0 spiro atoms. The zero-order valence-corrected chi connectivity index (χ0v) is 11.9. The molecular formula is C13H13BrN2O3. The number of nitrogens with one attached hydrogen (secondary N) is 1. The van der Waals surface area contributed by atoms with Gasteiger partial charge in [-0.25, -0.2) is 4.79 Å². The maximum Gasteiger partial charge on any atom is 0.331 e. The average molecular weight is 325 g/mol. The highest BCUT2D eigenvalue weighted by atomic mass is 79.9. The Bertz CT molecular complexity index is 677. The van der Waals surface area contributed by atoms with Gasteiger partial charge in [0.25, 0.3) is 5.56 Å². The van der Waals surface area contributed by atoms with Crippen molar-refractivity contribution in [2.75, 3.05) is 0 Å². The van der Waals surface area contributed by atoms with E-state index in [9.17, 15) is 9.59 Å². The Morgan fingerprint density at radius 3 is 2.58 bits per heavy atom. The Morgan fingerprint density at radius 1 is 1.26 bits per heavy atom. The third kappa shape index (κ3) is 2.96. The van der Waals surface area contributed by atoms with Gasteiger partial charge in [-0.3, -0.25) is 14.3 Å². The van der Waals surface area contributed by atoms with Crippen LogP contribution >= 0.6 is 15.9 Å². The highest BCUT2D eigenvalue weighted by molar-refractivity contribution is 9.10. The van der Waals surface area contributed by atoms with Crippen molar-refractivity contribution in [1.82, 2.24) is 9.55 Å². The molecule has 5 nitrogen and oxygen atoms in total. The number of benzene rings is 1. The second-order valence-electron chi connectivity index (χ2n) is 3.90. The summed E-state index contributed by atoms with van der Waals surface area (Å²) in [7, 11) is 0. The zero-order chi connectivity index (χ0) is 13.8. The Labute approximate surface area is 118 Å². The lowest BCUT2D eigenvalue weighted by atomic mass is 10.3. The number of halogens is 1. The third-order valence-corrected chi connectivity index (χ3v) is 3.59. The van der Waals surface area contributed by atoms with E-state index in [1.165, 1.54) is 4.57 Å². The average Bonchev–Trinajstić information content (AvgIpc) is 2.39. The molecule has 0 saturated carbocycles. The van der Waals surface area contributed by atoms with Crippen LogP contribution in [0.2, 0.25) is 0 Å². The lowest BCUT2D eigenvalue weighted by Crippen LogP contribution is -2.34. The first-order valence-corrected chi connectivity index (χ1v) is 6.62. The summed E-state index contributed by atoms with van der Waals surface area (Å²) >= 11 is 3.28. The molecule has 0 aliphatic heterocycles. The standard InChI is InChI=1S/C13H13BrN2O3/c1-2-10-11(14)16(13(18)15-12(10)17)8-19-9-6-4-3-5-7-9/h3-7H,2,8H2,1H3,(H,15,17,18). The van der Waals surface area contributed by atoms with E-state index in [-0.39, 0.29) is 12.3 Å². The van der Waals surface area contributed by atoms with Gasteiger partial charge in [0.2, 0.25) is 0 Å². The Balaban J connectivity index is 2.31. The highest BCUT2D eigenvalue weighted by Crippen LogP contribution is 2.13. The van der Waals surface area contributed by atoms with Crippen molar-refractivity contribution in [2.45, 2.75) is 20.1 Å². The summed E-state index contributed by atoms with van der Waals surface area (Å²) in [5.41, 5.74) is -0.336. The second kappa shape index (κ2) is 5.88. The lowest BCUT2D eigenvalue weighted by Gasteiger charge is -2.12. The van der Waals surface area contributed by atoms with E-state index in [1.54, 1.807) is 12.1 Å². The summed E-state index contributed by atoms with van der Waals surface area (Å²) < 4.78 is 7.30. The van der Waals surface area contributed by atoms with Crippen molar-refractivity contribution >= 4 is 15.9 Å². The summed E-state index contributed by atoms with van der Waals surface area (Å²) in [5, 5.41) is 0. The Morgan fingerprint density at radius 2 is 1.95 bits per heavy atom. The molecule has 1 aromatic carbocycles. The summed E-state index contributed by atoms with van der Waals surface area (Å²) in [6.45, 7) is 1.88. The normalized spacial score (nSPS) is 10.4. The van der Waals surface area contributed by atoms with Crippen LogP contribution in [0.4, 0.5) is 0 Å². The molecule has 2 rings (SSSR count). The fourth-order valence-corrected chi connectivity index (χ4v) is 2.39. The molecule has 2 aromatic rings. The van der Waals surface area contributed by atoms with Crippen LogP contribution in [-0.2, 0) is 13.2 Å². The SMILES string of the molecule is CCc1c(Br)n(COc2ccccc2)c(=O)[nH]c1=O. The molecule has 0 aliphatic carbocycles. The minimum Gasteiger partial charge on any atom is -0.473 e. The van der Waals surface area contributed by atoms with Crippen molar-refractivity contribution in [1.29, 1.82) is 0 Å². The van der Waals surface area contributed by atoms with Crippen LogP contribution in [0.15, 0.2) is 44.5 Å². The summed E-state index contributed by atoms with van der Waals surface area (Å²) in [4.78, 5) is 25.6. The lowest BCUT2D eigenvalue weighted by molar-refractivity contribution is 0.226. The van der Waals surface area contributed by atoms with Gasteiger partial charge in [0.15, 0.2) is 6.73 Å². The molecule has 0 amide bonds. The number of ether oxygens (including phenoxy) is 1. The molecule has 0 unspecified atom stereocenters. The molecule has 0 saturated heterocycles. The van der Waals surface area contributed by atoms with Gasteiger partial charge in [-0.2, -0.15) is 0 Å². The van der Waals surface area contributed by atoms with Crippen LogP contribution < -0.4 is 16.0 Å². The van der Waals surface area contributed by atoms with E-state index in [0.29, 0.717) is 22.3 Å². The Kier molecular flexibility index (Phi) is 4.21. The molecule has 1 aromatic heterocycles. The number of nitrogens with zero attached hydrogens (tertiary/aromatic N) is 1. The monoisotopic (exact) mass is 324 g/mol. The molecule has 1 heterocycles. The number of para-hydroxylation sites is 1. The fraction of sp³-hybridized carbons (Fsp3) is 0.231. The van der Waals surface area contributed by atoms with Crippen LogP contribution in [0.25, 0.3) is 0 Å². The van der Waals surface area contributed by atoms with Crippen LogP contribution in [0, 0.1) is 0 Å². The van der Waals surface area contributed by atoms with Crippen molar-refractivity contribution in [3.8, 4) is 5.75 Å². The van der Waals surface area contributed by atoms with Crippen LogP contribution in [0.1, 0.15) is 12.5 Å². The first-order chi connectivity index (χ1) is 9.13. The van der Waals surface area contributed by atoms with Gasteiger partial charge in [-0.05, 0) is 34.5 Å². The first-order valence-electron chi connectivity index (χ1n) is 5.82. The number of rotatable bonds is 4. The third-order valence-electron chi connectivity index (χ3n) is 2.68. The van der Waals surface area contributed by atoms with Gasteiger partial charge in [0.05, 0.1) is 0 Å². The van der Waals surface area contributed by atoms with Gasteiger partial charge < -0.3 is 4.74 Å². The quantitative estimate of drug-likeness (QED) is 0.873. The van der Waals surface area contributed by atoms with Gasteiger partial charge in [0.1, 0.15) is 10.4 Å². The number of hydrogen-bond donors (Lipinski definition) is 1. The maximum absolute atomic E-state index is 11.7. The molecule has 100 valence electrons. The van der Waals surface area contributed by atoms with Crippen molar-refractivity contribution in [2.24, 2.45) is 0 Å². The van der Waals surface area contributed by atoms with E-state index >= 15 is 0 Å². The van der Waals surface area contributed by atoms with E-state index in [2.05, 4.69) is 20.9 Å². The summed E-state index contributed by atoms with van der Waals surface area (Å²) in [5.74, 6) is 0.658. The van der Waals surface area contributed by atoms with Crippen LogP contribution in [-0.4, -0.2) is 9.55 Å². The number of aromatic amines is 1. The number of H-pyrrole nitrogens is 1. The molecule has 0 atom stereocenters. The van der Waals surface area contributed by atoms with Gasteiger partial charge in [-0.1, -0.05) is 25.1 Å². The molecule has 6 heteroatoms. The van der Waals surface area contributed by atoms with E-state index in [4.69, 9.17) is 4.74 Å². The van der Waals surface area contributed by atoms with Crippen LogP contribution in [0.5, 0.6) is 5.75 Å². The molecule has 1 N–H and O–H groups in total. The molecular weight excluding hydrogens is 312 g/mol. The predicted octanol–water partition coefficient (Wildman–Crippen LogP) is 1.90. The maximum atomic E-state index is 11.7. The fourth-order valence-electron chi connectivity index (χ4n) is 1.66.